The molecular formula is C15H8Br2ClFS. The van der Waals surface area contributed by atoms with Crippen molar-refractivity contribution < 1.29 is 4.39 Å². The number of thiophene rings is 1. The van der Waals surface area contributed by atoms with Gasteiger partial charge in [-0.25, -0.2) is 4.39 Å². The van der Waals surface area contributed by atoms with E-state index in [1.54, 1.807) is 23.5 Å². The molecule has 0 aliphatic carbocycles. The lowest BCUT2D eigenvalue weighted by molar-refractivity contribution is 0.627. The van der Waals surface area contributed by atoms with Crippen LogP contribution < -0.4 is 0 Å². The maximum Gasteiger partial charge on any atom is 0.141 e. The Morgan fingerprint density at radius 1 is 1.20 bits per heavy atom. The Morgan fingerprint density at radius 3 is 2.75 bits per heavy atom. The van der Waals surface area contributed by atoms with Crippen molar-refractivity contribution in [1.29, 1.82) is 0 Å². The van der Waals surface area contributed by atoms with Crippen molar-refractivity contribution in [3.05, 3.63) is 68.2 Å². The highest BCUT2D eigenvalue weighted by molar-refractivity contribution is 9.10. The predicted octanol–water partition coefficient (Wildman–Crippen LogP) is 6.94. The molecule has 1 unspecified atom stereocenters. The van der Waals surface area contributed by atoms with E-state index in [2.05, 4.69) is 43.3 Å². The van der Waals surface area contributed by atoms with Crippen LogP contribution in [0.25, 0.3) is 10.1 Å². The van der Waals surface area contributed by atoms with Crippen molar-refractivity contribution in [1.82, 2.24) is 0 Å². The standard InChI is InChI=1S/C15H8Br2ClFS/c16-11-3-1-2-9-10(7-20-15(9)11)14(17)8-4-5-13(19)12(18)6-8/h1-7,14H. The van der Waals surface area contributed by atoms with E-state index in [4.69, 9.17) is 11.6 Å². The summed E-state index contributed by atoms with van der Waals surface area (Å²) in [6.45, 7) is 0. The molecule has 0 bridgehead atoms. The highest BCUT2D eigenvalue weighted by atomic mass is 79.9. The molecule has 3 rings (SSSR count). The molecule has 2 aromatic carbocycles. The highest BCUT2D eigenvalue weighted by Crippen LogP contribution is 2.41. The summed E-state index contributed by atoms with van der Waals surface area (Å²) >= 11 is 14.8. The van der Waals surface area contributed by atoms with Gasteiger partial charge in [0.25, 0.3) is 0 Å². The fraction of sp³-hybridized carbons (Fsp3) is 0.0667. The Kier molecular flexibility index (Phi) is 4.18. The van der Waals surface area contributed by atoms with Crippen LogP contribution in [0, 0.1) is 5.82 Å². The summed E-state index contributed by atoms with van der Waals surface area (Å²) in [5.41, 5.74) is 2.10. The molecule has 0 amide bonds. The minimum Gasteiger partial charge on any atom is -0.205 e. The van der Waals surface area contributed by atoms with Gasteiger partial charge in [-0.2, -0.15) is 0 Å². The second-order valence-electron chi connectivity index (χ2n) is 4.34. The van der Waals surface area contributed by atoms with Gasteiger partial charge in [-0.15, -0.1) is 11.3 Å². The van der Waals surface area contributed by atoms with Gasteiger partial charge < -0.3 is 0 Å². The SMILES string of the molecule is Fc1ccc(C(Br)c2csc3c(Br)cccc23)cc1Cl. The molecule has 0 radical (unpaired) electrons. The van der Waals surface area contributed by atoms with Gasteiger partial charge in [0.2, 0.25) is 0 Å². The topological polar surface area (TPSA) is 0 Å². The fourth-order valence-corrected chi connectivity index (χ4v) is 4.76. The van der Waals surface area contributed by atoms with Crippen molar-refractivity contribution in [2.24, 2.45) is 0 Å². The normalized spacial score (nSPS) is 12.8. The molecule has 3 aromatic rings. The summed E-state index contributed by atoms with van der Waals surface area (Å²) in [7, 11) is 0. The van der Waals surface area contributed by atoms with Crippen LogP contribution in [0.2, 0.25) is 5.02 Å². The summed E-state index contributed by atoms with van der Waals surface area (Å²) in [6.07, 6.45) is 0. The summed E-state index contributed by atoms with van der Waals surface area (Å²) in [5.74, 6) is -0.395. The first-order chi connectivity index (χ1) is 9.58. The molecule has 1 aromatic heterocycles. The molecule has 102 valence electrons. The van der Waals surface area contributed by atoms with Crippen molar-refractivity contribution in [2.75, 3.05) is 0 Å². The van der Waals surface area contributed by atoms with E-state index in [9.17, 15) is 4.39 Å². The monoisotopic (exact) mass is 432 g/mol. The van der Waals surface area contributed by atoms with Crippen LogP contribution in [0.3, 0.4) is 0 Å². The first kappa shape index (κ1) is 14.5. The van der Waals surface area contributed by atoms with E-state index in [1.165, 1.54) is 16.2 Å². The third-order valence-corrected chi connectivity index (χ3v) is 6.37. The minimum absolute atomic E-state index is 0.0105. The molecule has 0 fully saturated rings. The van der Waals surface area contributed by atoms with Crippen molar-refractivity contribution in [3.63, 3.8) is 0 Å². The lowest BCUT2D eigenvalue weighted by atomic mass is 10.0. The Labute approximate surface area is 141 Å². The van der Waals surface area contributed by atoms with Gasteiger partial charge in [-0.05, 0) is 56.0 Å². The maximum absolute atomic E-state index is 13.3. The third kappa shape index (κ3) is 2.54. The fourth-order valence-electron chi connectivity index (χ4n) is 2.09. The Morgan fingerprint density at radius 2 is 2.00 bits per heavy atom. The largest absolute Gasteiger partial charge is 0.205 e. The highest BCUT2D eigenvalue weighted by Gasteiger charge is 2.17. The molecule has 0 aliphatic heterocycles. The van der Waals surface area contributed by atoms with Crippen LogP contribution in [-0.4, -0.2) is 0 Å². The summed E-state index contributed by atoms with van der Waals surface area (Å²) in [4.78, 5) is -0.0105. The Balaban J connectivity index is 2.10. The zero-order valence-corrected chi connectivity index (χ0v) is 14.8. The zero-order chi connectivity index (χ0) is 14.3. The molecule has 0 saturated carbocycles. The van der Waals surface area contributed by atoms with Crippen molar-refractivity contribution >= 4 is 64.9 Å². The second-order valence-corrected chi connectivity index (χ2v) is 7.40. The second kappa shape index (κ2) is 5.76. The van der Waals surface area contributed by atoms with Gasteiger partial charge in [0.1, 0.15) is 5.82 Å². The number of alkyl halides is 1. The molecule has 0 aliphatic rings. The lowest BCUT2D eigenvalue weighted by Gasteiger charge is -2.10. The molecule has 0 saturated heterocycles. The number of hydrogen-bond acceptors (Lipinski definition) is 1. The quantitative estimate of drug-likeness (QED) is 0.383. The van der Waals surface area contributed by atoms with Gasteiger partial charge in [-0.1, -0.05) is 45.7 Å². The molecular weight excluding hydrogens is 426 g/mol. The van der Waals surface area contributed by atoms with E-state index < -0.39 is 5.82 Å². The summed E-state index contributed by atoms with van der Waals surface area (Å²) in [6, 6.07) is 10.9. The number of benzene rings is 2. The van der Waals surface area contributed by atoms with Gasteiger partial charge in [-0.3, -0.25) is 0 Å². The average molecular weight is 435 g/mol. The van der Waals surface area contributed by atoms with Crippen LogP contribution in [-0.2, 0) is 0 Å². The van der Waals surface area contributed by atoms with Crippen LogP contribution in [0.5, 0.6) is 0 Å². The first-order valence-corrected chi connectivity index (χ1v) is 8.79. The van der Waals surface area contributed by atoms with E-state index in [0.29, 0.717) is 0 Å². The zero-order valence-electron chi connectivity index (χ0n) is 10.0. The van der Waals surface area contributed by atoms with Crippen LogP contribution >= 0.6 is 54.8 Å². The number of fused-ring (bicyclic) bond motifs is 1. The van der Waals surface area contributed by atoms with Crippen LogP contribution in [0.15, 0.2) is 46.3 Å². The number of halogens is 4. The smallest absolute Gasteiger partial charge is 0.141 e. The summed E-state index contributed by atoms with van der Waals surface area (Å²) in [5, 5.41) is 3.45. The number of rotatable bonds is 2. The molecule has 5 heteroatoms. The minimum atomic E-state index is -0.395. The Hall–Kier alpha value is -0.420. The van der Waals surface area contributed by atoms with Crippen LogP contribution in [0.1, 0.15) is 16.0 Å². The summed E-state index contributed by atoms with van der Waals surface area (Å²) < 4.78 is 15.6. The first-order valence-electron chi connectivity index (χ1n) is 5.82. The van der Waals surface area contributed by atoms with Gasteiger partial charge in [0.15, 0.2) is 0 Å². The molecule has 0 nitrogen and oxygen atoms in total. The average Bonchev–Trinajstić information content (AvgIpc) is 2.86. The van der Waals surface area contributed by atoms with Crippen LogP contribution in [0.4, 0.5) is 4.39 Å². The molecule has 0 N–H and O–H groups in total. The van der Waals surface area contributed by atoms with E-state index in [1.807, 2.05) is 12.1 Å². The Bertz CT molecular complexity index is 785. The van der Waals surface area contributed by atoms with Gasteiger partial charge >= 0.3 is 0 Å². The van der Waals surface area contributed by atoms with E-state index >= 15 is 0 Å². The molecule has 1 atom stereocenters. The molecule has 0 spiro atoms. The van der Waals surface area contributed by atoms with E-state index in [-0.39, 0.29) is 9.85 Å². The number of hydrogen-bond donors (Lipinski definition) is 0. The maximum atomic E-state index is 13.3. The predicted molar refractivity (Wildman–Crippen MR) is 91.7 cm³/mol. The van der Waals surface area contributed by atoms with Crippen molar-refractivity contribution in [2.45, 2.75) is 4.83 Å². The lowest BCUT2D eigenvalue weighted by Crippen LogP contribution is -1.92. The van der Waals surface area contributed by atoms with Gasteiger partial charge in [0.05, 0.1) is 9.85 Å². The van der Waals surface area contributed by atoms with Gasteiger partial charge in [0, 0.05) is 9.17 Å². The van der Waals surface area contributed by atoms with E-state index in [0.717, 1.165) is 15.6 Å². The van der Waals surface area contributed by atoms with Crippen molar-refractivity contribution in [3.8, 4) is 0 Å². The third-order valence-electron chi connectivity index (χ3n) is 3.09. The molecule has 1 heterocycles. The molecule has 20 heavy (non-hydrogen) atoms.